The number of carbonyl (C=O) groups is 1. The quantitative estimate of drug-likeness (QED) is 0.487. The highest BCUT2D eigenvalue weighted by Crippen LogP contribution is 2.12. The molecule has 1 aromatic rings. The Morgan fingerprint density at radius 3 is 2.00 bits per heavy atom. The van der Waals surface area contributed by atoms with E-state index < -0.39 is 0 Å². The highest BCUT2D eigenvalue weighted by Gasteiger charge is 2.00. The largest absolute Gasteiger partial charge is 0.300 e. The Morgan fingerprint density at radius 2 is 1.45 bits per heavy atom. The number of aromatic nitrogens is 4. The molecule has 0 amide bonds. The topological polar surface area (TPSA) is 71.5 Å². The molecule has 0 saturated heterocycles. The van der Waals surface area contributed by atoms with Gasteiger partial charge in [-0.1, -0.05) is 63.5 Å². The van der Waals surface area contributed by atoms with E-state index in [2.05, 4.69) is 27.5 Å². The molecule has 0 atom stereocenters. The van der Waals surface area contributed by atoms with Crippen molar-refractivity contribution in [2.45, 2.75) is 96.8 Å². The number of aromatic amines is 1. The van der Waals surface area contributed by atoms with E-state index in [0.717, 1.165) is 44.3 Å². The van der Waals surface area contributed by atoms with Crippen molar-refractivity contribution in [2.24, 2.45) is 0 Å². The molecule has 126 valence electrons. The summed E-state index contributed by atoms with van der Waals surface area (Å²) in [4.78, 5) is 11.4. The van der Waals surface area contributed by atoms with Gasteiger partial charge in [-0.2, -0.15) is 5.21 Å². The number of nitrogens with zero attached hydrogens (tertiary/aromatic N) is 3. The summed E-state index contributed by atoms with van der Waals surface area (Å²) in [5.74, 6) is 1.28. The fourth-order valence-electron chi connectivity index (χ4n) is 2.71. The molecule has 0 spiro atoms. The normalized spacial score (nSPS) is 11.0. The Balaban J connectivity index is 1.74. The Kier molecular flexibility index (Phi) is 11.4. The van der Waals surface area contributed by atoms with E-state index >= 15 is 0 Å². The Morgan fingerprint density at radius 1 is 0.864 bits per heavy atom. The second kappa shape index (κ2) is 13.4. The van der Waals surface area contributed by atoms with E-state index in [4.69, 9.17) is 0 Å². The molecule has 0 aliphatic carbocycles. The Labute approximate surface area is 134 Å². The van der Waals surface area contributed by atoms with Crippen molar-refractivity contribution in [2.75, 3.05) is 0 Å². The number of H-pyrrole nitrogens is 1. The lowest BCUT2D eigenvalue weighted by atomic mass is 10.0. The molecule has 0 aliphatic heterocycles. The van der Waals surface area contributed by atoms with Crippen molar-refractivity contribution in [1.29, 1.82) is 0 Å². The molecule has 1 heterocycles. The number of nitrogens with one attached hydrogen (secondary N) is 1. The van der Waals surface area contributed by atoms with Crippen LogP contribution in [0.25, 0.3) is 0 Å². The number of rotatable bonds is 15. The number of hydrogen-bond acceptors (Lipinski definition) is 4. The van der Waals surface area contributed by atoms with Crippen LogP contribution in [0.1, 0.15) is 96.2 Å². The van der Waals surface area contributed by atoms with Gasteiger partial charge >= 0.3 is 0 Å². The molecule has 22 heavy (non-hydrogen) atoms. The van der Waals surface area contributed by atoms with Crippen LogP contribution in [-0.2, 0) is 11.2 Å². The van der Waals surface area contributed by atoms with Crippen LogP contribution in [-0.4, -0.2) is 26.4 Å². The van der Waals surface area contributed by atoms with Crippen LogP contribution in [0.15, 0.2) is 0 Å². The Bertz CT molecular complexity index is 365. The smallest absolute Gasteiger partial charge is 0.174 e. The molecule has 1 N–H and O–H groups in total. The second-order valence-electron chi connectivity index (χ2n) is 6.15. The van der Waals surface area contributed by atoms with Crippen LogP contribution in [0.2, 0.25) is 0 Å². The third-order valence-corrected chi connectivity index (χ3v) is 4.02. The number of carbonyl (C=O) groups excluding carboxylic acids is 1. The minimum atomic E-state index is 0.448. The summed E-state index contributed by atoms with van der Waals surface area (Å²) in [6, 6.07) is 0. The minimum Gasteiger partial charge on any atom is -0.300 e. The average molecular weight is 308 g/mol. The summed E-state index contributed by atoms with van der Waals surface area (Å²) in [7, 11) is 0. The zero-order valence-corrected chi connectivity index (χ0v) is 14.1. The number of tetrazole rings is 1. The maximum Gasteiger partial charge on any atom is 0.174 e. The lowest BCUT2D eigenvalue weighted by Gasteiger charge is -2.02. The van der Waals surface area contributed by atoms with E-state index in [1.807, 2.05) is 0 Å². The zero-order chi connectivity index (χ0) is 15.9. The van der Waals surface area contributed by atoms with Crippen LogP contribution in [0.4, 0.5) is 0 Å². The zero-order valence-electron chi connectivity index (χ0n) is 14.1. The highest BCUT2D eigenvalue weighted by molar-refractivity contribution is 5.78. The molecule has 0 aliphatic rings. The molecule has 5 heteroatoms. The van der Waals surface area contributed by atoms with E-state index in [1.165, 1.54) is 51.4 Å². The summed E-state index contributed by atoms with van der Waals surface area (Å²) < 4.78 is 0. The van der Waals surface area contributed by atoms with Crippen molar-refractivity contribution < 1.29 is 4.79 Å². The van der Waals surface area contributed by atoms with Gasteiger partial charge < -0.3 is 0 Å². The molecule has 0 fully saturated rings. The predicted molar refractivity (Wildman–Crippen MR) is 88.6 cm³/mol. The first-order valence-corrected chi connectivity index (χ1v) is 9.07. The molecular formula is C17H32N4O. The molecule has 5 nitrogen and oxygen atoms in total. The fraction of sp³-hybridized carbons (Fsp3) is 0.882. The number of hydrogen-bond donors (Lipinski definition) is 1. The molecule has 0 saturated carbocycles. The predicted octanol–water partition coefficient (Wildman–Crippen LogP) is 4.40. The molecule has 1 aromatic heterocycles. The van der Waals surface area contributed by atoms with Crippen LogP contribution in [0.3, 0.4) is 0 Å². The van der Waals surface area contributed by atoms with Crippen molar-refractivity contribution in [3.05, 3.63) is 5.82 Å². The third kappa shape index (κ3) is 10.5. The maximum absolute atomic E-state index is 11.4. The number of ketones is 1. The van der Waals surface area contributed by atoms with Crippen molar-refractivity contribution in [3.8, 4) is 0 Å². The van der Waals surface area contributed by atoms with Gasteiger partial charge in [0.15, 0.2) is 5.82 Å². The molecule has 0 aromatic carbocycles. The summed E-state index contributed by atoms with van der Waals surface area (Å²) in [6.45, 7) is 2.07. The molecule has 1 rings (SSSR count). The van der Waals surface area contributed by atoms with Crippen molar-refractivity contribution in [1.82, 2.24) is 20.6 Å². The van der Waals surface area contributed by atoms with Gasteiger partial charge in [0.05, 0.1) is 0 Å². The van der Waals surface area contributed by atoms with Crippen LogP contribution >= 0.6 is 0 Å². The van der Waals surface area contributed by atoms with Crippen LogP contribution in [0.5, 0.6) is 0 Å². The molecular weight excluding hydrogens is 276 g/mol. The molecule has 0 unspecified atom stereocenters. The van der Waals surface area contributed by atoms with Gasteiger partial charge in [-0.15, -0.1) is 10.2 Å². The third-order valence-electron chi connectivity index (χ3n) is 4.02. The monoisotopic (exact) mass is 308 g/mol. The Hall–Kier alpha value is -1.26. The summed E-state index contributed by atoms with van der Waals surface area (Å²) in [6.07, 6.45) is 16.2. The fourth-order valence-corrected chi connectivity index (χ4v) is 2.71. The van der Waals surface area contributed by atoms with Gasteiger partial charge in [-0.25, -0.2) is 0 Å². The lowest BCUT2D eigenvalue weighted by Crippen LogP contribution is -1.96. The van der Waals surface area contributed by atoms with Gasteiger partial charge in [0.2, 0.25) is 0 Å². The van der Waals surface area contributed by atoms with Gasteiger partial charge in [0, 0.05) is 19.3 Å². The first-order chi connectivity index (χ1) is 10.8. The second-order valence-corrected chi connectivity index (χ2v) is 6.15. The van der Waals surface area contributed by atoms with Gasteiger partial charge in [-0.3, -0.25) is 4.79 Å². The van der Waals surface area contributed by atoms with Gasteiger partial charge in [0.25, 0.3) is 0 Å². The number of aryl methyl sites for hydroxylation is 1. The van der Waals surface area contributed by atoms with Gasteiger partial charge in [-0.05, 0) is 19.3 Å². The first-order valence-electron chi connectivity index (χ1n) is 9.07. The van der Waals surface area contributed by atoms with Gasteiger partial charge in [0.1, 0.15) is 5.78 Å². The first kappa shape index (κ1) is 18.8. The summed E-state index contributed by atoms with van der Waals surface area (Å²) in [5, 5.41) is 13.9. The van der Waals surface area contributed by atoms with E-state index in [1.54, 1.807) is 0 Å². The van der Waals surface area contributed by atoms with Crippen LogP contribution < -0.4 is 0 Å². The summed E-state index contributed by atoms with van der Waals surface area (Å²) in [5.41, 5.74) is 0. The number of unbranched alkanes of at least 4 members (excludes halogenated alkanes) is 9. The SMILES string of the molecule is CCCC(=O)CCCCCCCCCCCCc1nn[nH]n1. The maximum atomic E-state index is 11.4. The van der Waals surface area contributed by atoms with E-state index in [9.17, 15) is 4.79 Å². The van der Waals surface area contributed by atoms with E-state index in [-0.39, 0.29) is 0 Å². The average Bonchev–Trinajstić information content (AvgIpc) is 3.02. The molecule has 0 radical (unpaired) electrons. The van der Waals surface area contributed by atoms with Crippen LogP contribution in [0, 0.1) is 0 Å². The lowest BCUT2D eigenvalue weighted by molar-refractivity contribution is -0.119. The summed E-state index contributed by atoms with van der Waals surface area (Å²) >= 11 is 0. The molecule has 0 bridgehead atoms. The highest BCUT2D eigenvalue weighted by atomic mass is 16.1. The number of Topliss-reactive ketones (excluding diaryl/α,β-unsaturated/α-hetero) is 1. The van der Waals surface area contributed by atoms with Crippen molar-refractivity contribution >= 4 is 5.78 Å². The minimum absolute atomic E-state index is 0.448. The van der Waals surface area contributed by atoms with E-state index in [0.29, 0.717) is 5.78 Å². The van der Waals surface area contributed by atoms with Crippen molar-refractivity contribution in [3.63, 3.8) is 0 Å². The standard InChI is InChI=1S/C17H32N4O/c1-2-13-16(22)14-11-9-7-5-3-4-6-8-10-12-15-17-18-20-21-19-17/h2-15H2,1H3,(H,18,19,20,21).